The molecule has 0 atom stereocenters. The minimum Gasteiger partial charge on any atom is -0.354 e. The molecule has 1 rings (SSSR count). The van der Waals surface area contributed by atoms with Crippen molar-refractivity contribution in [1.29, 1.82) is 0 Å². The first-order valence-electron chi connectivity index (χ1n) is 3.70. The second kappa shape index (κ2) is 3.80. The molecule has 0 spiro atoms. The quantitative estimate of drug-likeness (QED) is 0.624. The Labute approximate surface area is 69.7 Å². The van der Waals surface area contributed by atoms with Crippen LogP contribution in [-0.4, -0.2) is 32.6 Å². The molecule has 1 amide bonds. The van der Waals surface area contributed by atoms with E-state index in [0.717, 1.165) is 0 Å². The van der Waals surface area contributed by atoms with Crippen molar-refractivity contribution in [2.24, 2.45) is 0 Å². The largest absolute Gasteiger partial charge is 0.354 e. The highest BCUT2D eigenvalue weighted by atomic mass is 16.1. The number of aromatic nitrogens is 4. The Morgan fingerprint density at radius 1 is 1.67 bits per heavy atom. The molecule has 1 aromatic heterocycles. The van der Waals surface area contributed by atoms with Gasteiger partial charge in [0.05, 0.1) is 6.42 Å². The molecule has 0 bridgehead atoms. The zero-order valence-corrected chi connectivity index (χ0v) is 7.03. The van der Waals surface area contributed by atoms with E-state index in [4.69, 9.17) is 0 Å². The third kappa shape index (κ3) is 2.65. The molecule has 0 fully saturated rings. The number of rotatable bonds is 3. The van der Waals surface area contributed by atoms with Crippen molar-refractivity contribution in [3.05, 3.63) is 5.82 Å². The van der Waals surface area contributed by atoms with Crippen molar-refractivity contribution in [3.63, 3.8) is 0 Å². The first kappa shape index (κ1) is 8.63. The SMILES string of the molecule is CC(C)NC(=O)Cc1nnn[nH]1. The minimum atomic E-state index is -0.0800. The van der Waals surface area contributed by atoms with Gasteiger partial charge in [-0.2, -0.15) is 0 Å². The molecule has 0 aromatic carbocycles. The van der Waals surface area contributed by atoms with Gasteiger partial charge >= 0.3 is 0 Å². The number of aromatic amines is 1. The van der Waals surface area contributed by atoms with Gasteiger partial charge in [0.15, 0.2) is 5.82 Å². The summed E-state index contributed by atoms with van der Waals surface area (Å²) in [6.07, 6.45) is 0.200. The zero-order valence-electron chi connectivity index (χ0n) is 7.03. The maximum Gasteiger partial charge on any atom is 0.227 e. The number of carbonyl (C=O) groups is 1. The maximum absolute atomic E-state index is 11.1. The molecule has 0 saturated heterocycles. The van der Waals surface area contributed by atoms with E-state index in [1.165, 1.54) is 0 Å². The molecule has 2 N–H and O–H groups in total. The van der Waals surface area contributed by atoms with Crippen LogP contribution in [0.3, 0.4) is 0 Å². The molecule has 6 nitrogen and oxygen atoms in total. The monoisotopic (exact) mass is 169 g/mol. The molecule has 0 unspecified atom stereocenters. The normalized spacial score (nSPS) is 10.2. The molecular weight excluding hydrogens is 158 g/mol. The summed E-state index contributed by atoms with van der Waals surface area (Å²) >= 11 is 0. The summed E-state index contributed by atoms with van der Waals surface area (Å²) in [6, 6.07) is 0.147. The average molecular weight is 169 g/mol. The van der Waals surface area contributed by atoms with Crippen LogP contribution in [0.25, 0.3) is 0 Å². The summed E-state index contributed by atoms with van der Waals surface area (Å²) in [7, 11) is 0. The Morgan fingerprint density at radius 3 is 2.92 bits per heavy atom. The molecule has 0 aliphatic carbocycles. The Kier molecular flexibility index (Phi) is 2.73. The molecule has 0 aliphatic rings. The van der Waals surface area contributed by atoms with Crippen molar-refractivity contribution in [3.8, 4) is 0 Å². The highest BCUT2D eigenvalue weighted by molar-refractivity contribution is 5.77. The Bertz CT molecular complexity index is 242. The van der Waals surface area contributed by atoms with E-state index in [1.807, 2.05) is 13.8 Å². The van der Waals surface area contributed by atoms with Gasteiger partial charge in [0.2, 0.25) is 5.91 Å². The maximum atomic E-state index is 11.1. The summed E-state index contributed by atoms with van der Waals surface area (Å²) < 4.78 is 0. The smallest absolute Gasteiger partial charge is 0.227 e. The van der Waals surface area contributed by atoms with Crippen molar-refractivity contribution < 1.29 is 4.79 Å². The lowest BCUT2D eigenvalue weighted by Gasteiger charge is -2.05. The predicted octanol–water partition coefficient (Wildman–Crippen LogP) is -0.733. The third-order valence-electron chi connectivity index (χ3n) is 1.17. The summed E-state index contributed by atoms with van der Waals surface area (Å²) in [6.45, 7) is 3.80. The molecular formula is C6H11N5O. The van der Waals surface area contributed by atoms with Crippen molar-refractivity contribution >= 4 is 5.91 Å². The summed E-state index contributed by atoms with van der Waals surface area (Å²) in [5.74, 6) is 0.400. The molecule has 0 radical (unpaired) electrons. The van der Waals surface area contributed by atoms with E-state index in [1.54, 1.807) is 0 Å². The molecule has 1 heterocycles. The van der Waals surface area contributed by atoms with Gasteiger partial charge in [-0.15, -0.1) is 5.10 Å². The van der Waals surface area contributed by atoms with Gasteiger partial charge in [0.25, 0.3) is 0 Å². The lowest BCUT2D eigenvalue weighted by molar-refractivity contribution is -0.121. The summed E-state index contributed by atoms with van der Waals surface area (Å²) in [4.78, 5) is 11.1. The van der Waals surface area contributed by atoms with Crippen LogP contribution in [0.15, 0.2) is 0 Å². The lowest BCUT2D eigenvalue weighted by atomic mass is 10.3. The number of carbonyl (C=O) groups excluding carboxylic acids is 1. The van der Waals surface area contributed by atoms with Gasteiger partial charge < -0.3 is 5.32 Å². The number of nitrogens with one attached hydrogen (secondary N) is 2. The Morgan fingerprint density at radius 2 is 2.42 bits per heavy atom. The standard InChI is InChI=1S/C6H11N5O/c1-4(2)7-6(12)3-5-8-10-11-9-5/h4H,3H2,1-2H3,(H,7,12)(H,8,9,10,11). The van der Waals surface area contributed by atoms with Crippen molar-refractivity contribution in [2.75, 3.05) is 0 Å². The van der Waals surface area contributed by atoms with Crippen LogP contribution >= 0.6 is 0 Å². The van der Waals surface area contributed by atoms with Crippen LogP contribution in [0, 0.1) is 0 Å². The fraction of sp³-hybridized carbons (Fsp3) is 0.667. The number of hydrogen-bond acceptors (Lipinski definition) is 4. The van der Waals surface area contributed by atoms with Crippen LogP contribution in [0.4, 0.5) is 0 Å². The van der Waals surface area contributed by atoms with Gasteiger partial charge in [-0.1, -0.05) is 0 Å². The van der Waals surface area contributed by atoms with Crippen LogP contribution in [0.1, 0.15) is 19.7 Å². The molecule has 6 heteroatoms. The Hall–Kier alpha value is -1.46. The van der Waals surface area contributed by atoms with Crippen LogP contribution in [0.5, 0.6) is 0 Å². The molecule has 1 aromatic rings. The first-order chi connectivity index (χ1) is 5.68. The molecule has 0 saturated carbocycles. The number of amides is 1. The number of nitrogens with zero attached hydrogens (tertiary/aromatic N) is 3. The van der Waals surface area contributed by atoms with Crippen molar-refractivity contribution in [1.82, 2.24) is 25.9 Å². The van der Waals surface area contributed by atoms with Crippen LogP contribution in [0.2, 0.25) is 0 Å². The zero-order chi connectivity index (χ0) is 8.97. The van der Waals surface area contributed by atoms with Crippen LogP contribution in [-0.2, 0) is 11.2 Å². The fourth-order valence-electron chi connectivity index (χ4n) is 0.779. The van der Waals surface area contributed by atoms with E-state index in [0.29, 0.717) is 5.82 Å². The third-order valence-corrected chi connectivity index (χ3v) is 1.17. The summed E-state index contributed by atoms with van der Waals surface area (Å²) in [5, 5.41) is 15.5. The predicted molar refractivity (Wildman–Crippen MR) is 41.2 cm³/mol. The lowest BCUT2D eigenvalue weighted by Crippen LogP contribution is -2.31. The second-order valence-corrected chi connectivity index (χ2v) is 2.75. The van der Waals surface area contributed by atoms with Gasteiger partial charge in [0, 0.05) is 6.04 Å². The van der Waals surface area contributed by atoms with Gasteiger partial charge in [-0.3, -0.25) is 4.79 Å². The van der Waals surface area contributed by atoms with Gasteiger partial charge in [-0.05, 0) is 24.3 Å². The van der Waals surface area contributed by atoms with E-state index >= 15 is 0 Å². The number of H-pyrrole nitrogens is 1. The highest BCUT2D eigenvalue weighted by Gasteiger charge is 2.06. The van der Waals surface area contributed by atoms with Crippen LogP contribution < -0.4 is 5.32 Å². The minimum absolute atomic E-state index is 0.0800. The average Bonchev–Trinajstić information content (AvgIpc) is 2.37. The van der Waals surface area contributed by atoms with Gasteiger partial charge in [0.1, 0.15) is 0 Å². The van der Waals surface area contributed by atoms with E-state index in [2.05, 4.69) is 25.9 Å². The van der Waals surface area contributed by atoms with Gasteiger partial charge in [-0.25, -0.2) is 5.10 Å². The van der Waals surface area contributed by atoms with E-state index in [-0.39, 0.29) is 18.4 Å². The molecule has 0 aliphatic heterocycles. The molecule has 12 heavy (non-hydrogen) atoms. The van der Waals surface area contributed by atoms with E-state index < -0.39 is 0 Å². The molecule has 66 valence electrons. The Balaban J connectivity index is 2.37. The number of tetrazole rings is 1. The summed E-state index contributed by atoms with van der Waals surface area (Å²) in [5.41, 5.74) is 0. The highest BCUT2D eigenvalue weighted by Crippen LogP contribution is 1.86. The van der Waals surface area contributed by atoms with Crippen molar-refractivity contribution in [2.45, 2.75) is 26.3 Å². The fourth-order valence-corrected chi connectivity index (χ4v) is 0.779. The first-order valence-corrected chi connectivity index (χ1v) is 3.70. The number of hydrogen-bond donors (Lipinski definition) is 2. The van der Waals surface area contributed by atoms with E-state index in [9.17, 15) is 4.79 Å². The topological polar surface area (TPSA) is 83.6 Å². The second-order valence-electron chi connectivity index (χ2n) is 2.75.